The fourth-order valence-corrected chi connectivity index (χ4v) is 2.78. The lowest BCUT2D eigenvalue weighted by Crippen LogP contribution is -2.41. The molecule has 0 aromatic heterocycles. The first-order valence-corrected chi connectivity index (χ1v) is 7.95. The van der Waals surface area contributed by atoms with Gasteiger partial charge in [-0.05, 0) is 30.3 Å². The summed E-state index contributed by atoms with van der Waals surface area (Å²) in [6.07, 6.45) is -4.88. The van der Waals surface area contributed by atoms with Gasteiger partial charge < -0.3 is 16.0 Å². The number of hydrogen-bond acceptors (Lipinski definition) is 3. The predicted octanol–water partition coefficient (Wildman–Crippen LogP) is 4.12. The smallest absolute Gasteiger partial charge is 0.372 e. The van der Waals surface area contributed by atoms with Crippen molar-refractivity contribution in [3.05, 3.63) is 53.1 Å². The van der Waals surface area contributed by atoms with Crippen molar-refractivity contribution in [1.29, 1.82) is 0 Å². The quantitative estimate of drug-likeness (QED) is 0.746. The number of carbonyl (C=O) groups excluding carboxylic acids is 2. The number of para-hydroxylation sites is 2. The number of carbonyl (C=O) groups is 2. The number of alkyl halides is 3. The van der Waals surface area contributed by atoms with Crippen LogP contribution in [0.2, 0.25) is 5.02 Å². The molecule has 1 aliphatic heterocycles. The molecule has 3 rings (SSSR count). The van der Waals surface area contributed by atoms with E-state index in [0.717, 1.165) is 12.1 Å². The van der Waals surface area contributed by atoms with Crippen LogP contribution in [-0.2, 0) is 15.8 Å². The minimum Gasteiger partial charge on any atom is -0.372 e. The summed E-state index contributed by atoms with van der Waals surface area (Å²) >= 11 is 5.54. The summed E-state index contributed by atoms with van der Waals surface area (Å²) in [5.74, 6) is -1.00. The molecule has 2 aromatic rings. The third-order valence-corrected chi connectivity index (χ3v) is 4.11. The Bertz CT molecular complexity index is 871. The molecule has 0 aliphatic carbocycles. The molecule has 3 N–H and O–H groups in total. The van der Waals surface area contributed by atoms with Gasteiger partial charge in [-0.3, -0.25) is 9.59 Å². The molecule has 2 aromatic carbocycles. The van der Waals surface area contributed by atoms with Crippen molar-refractivity contribution >= 4 is 40.5 Å². The van der Waals surface area contributed by atoms with Crippen molar-refractivity contribution in [3.63, 3.8) is 0 Å². The van der Waals surface area contributed by atoms with E-state index in [-0.39, 0.29) is 12.1 Å². The molecule has 136 valence electrons. The average molecular weight is 384 g/mol. The molecule has 2 amide bonds. The Labute approximate surface area is 151 Å². The van der Waals surface area contributed by atoms with Crippen molar-refractivity contribution < 1.29 is 22.8 Å². The lowest BCUT2D eigenvalue weighted by atomic mass is 10.1. The second-order valence-electron chi connectivity index (χ2n) is 5.68. The Balaban J connectivity index is 1.69. The molecule has 0 spiro atoms. The highest BCUT2D eigenvalue weighted by Crippen LogP contribution is 2.36. The number of halogens is 4. The maximum absolute atomic E-state index is 12.9. The van der Waals surface area contributed by atoms with Crippen LogP contribution in [0.1, 0.15) is 12.0 Å². The number of benzene rings is 2. The first kappa shape index (κ1) is 18.1. The molecule has 1 heterocycles. The Kier molecular flexibility index (Phi) is 4.78. The molecule has 0 fully saturated rings. The fourth-order valence-electron chi connectivity index (χ4n) is 2.55. The molecule has 0 saturated carbocycles. The van der Waals surface area contributed by atoms with Gasteiger partial charge in [0.05, 0.1) is 28.4 Å². The van der Waals surface area contributed by atoms with Crippen LogP contribution in [-0.4, -0.2) is 17.9 Å². The standard InChI is InChI=1S/C17H13ClF3N3O2/c18-11-6-5-9(7-10(11)17(19,20)21)22-15(25)8-14-16(26)24-13-4-2-1-3-12(13)23-14/h1-7,14,23H,8H2,(H,22,25)(H,24,26)/t14-/m1/s1. The third kappa shape index (κ3) is 3.91. The number of rotatable bonds is 3. The third-order valence-electron chi connectivity index (χ3n) is 3.78. The first-order valence-electron chi connectivity index (χ1n) is 7.57. The van der Waals surface area contributed by atoms with Crippen molar-refractivity contribution in [2.45, 2.75) is 18.6 Å². The monoisotopic (exact) mass is 383 g/mol. The van der Waals surface area contributed by atoms with E-state index in [1.807, 2.05) is 0 Å². The average Bonchev–Trinajstić information content (AvgIpc) is 2.56. The van der Waals surface area contributed by atoms with E-state index in [2.05, 4.69) is 16.0 Å². The number of hydrogen-bond donors (Lipinski definition) is 3. The normalized spacial score (nSPS) is 16.3. The van der Waals surface area contributed by atoms with Crippen LogP contribution in [0, 0.1) is 0 Å². The molecule has 0 bridgehead atoms. The molecule has 1 aliphatic rings. The van der Waals surface area contributed by atoms with Gasteiger partial charge in [-0.25, -0.2) is 0 Å². The highest BCUT2D eigenvalue weighted by Gasteiger charge is 2.33. The largest absolute Gasteiger partial charge is 0.417 e. The Morgan fingerprint density at radius 2 is 1.85 bits per heavy atom. The summed E-state index contributed by atoms with van der Waals surface area (Å²) in [7, 11) is 0. The van der Waals surface area contributed by atoms with E-state index in [4.69, 9.17) is 11.6 Å². The van der Waals surface area contributed by atoms with Gasteiger partial charge in [0.1, 0.15) is 6.04 Å². The van der Waals surface area contributed by atoms with Gasteiger partial charge in [-0.15, -0.1) is 0 Å². The predicted molar refractivity (Wildman–Crippen MR) is 92.2 cm³/mol. The molecule has 0 radical (unpaired) electrons. The van der Waals surface area contributed by atoms with E-state index < -0.39 is 34.6 Å². The van der Waals surface area contributed by atoms with Crippen LogP contribution < -0.4 is 16.0 Å². The summed E-state index contributed by atoms with van der Waals surface area (Å²) < 4.78 is 38.6. The molecule has 9 heteroatoms. The highest BCUT2D eigenvalue weighted by atomic mass is 35.5. The van der Waals surface area contributed by atoms with Gasteiger partial charge in [0.2, 0.25) is 11.8 Å². The number of fused-ring (bicyclic) bond motifs is 1. The van der Waals surface area contributed by atoms with Gasteiger partial charge in [0.15, 0.2) is 0 Å². The lowest BCUT2D eigenvalue weighted by molar-refractivity contribution is -0.137. The summed E-state index contributed by atoms with van der Waals surface area (Å²) in [6, 6.07) is 9.22. The number of nitrogens with one attached hydrogen (secondary N) is 3. The lowest BCUT2D eigenvalue weighted by Gasteiger charge is -2.26. The molecule has 5 nitrogen and oxygen atoms in total. The SMILES string of the molecule is O=C(C[C@H]1Nc2ccccc2NC1=O)Nc1ccc(Cl)c(C(F)(F)F)c1. The summed E-state index contributed by atoms with van der Waals surface area (Å²) in [6.45, 7) is 0. The zero-order chi connectivity index (χ0) is 18.9. The van der Waals surface area contributed by atoms with E-state index >= 15 is 0 Å². The molecular weight excluding hydrogens is 371 g/mol. The van der Waals surface area contributed by atoms with E-state index in [1.165, 1.54) is 6.07 Å². The van der Waals surface area contributed by atoms with Gasteiger partial charge >= 0.3 is 6.18 Å². The van der Waals surface area contributed by atoms with Crippen LogP contribution in [0.4, 0.5) is 30.2 Å². The van der Waals surface area contributed by atoms with Crippen LogP contribution in [0.15, 0.2) is 42.5 Å². The number of amides is 2. The van der Waals surface area contributed by atoms with Gasteiger partial charge in [-0.1, -0.05) is 23.7 Å². The number of anilines is 3. The zero-order valence-corrected chi connectivity index (χ0v) is 13.9. The molecule has 1 atom stereocenters. The Morgan fingerprint density at radius 1 is 1.15 bits per heavy atom. The Morgan fingerprint density at radius 3 is 2.54 bits per heavy atom. The minimum absolute atomic E-state index is 0.0525. The summed E-state index contributed by atoms with van der Waals surface area (Å²) in [4.78, 5) is 24.2. The van der Waals surface area contributed by atoms with E-state index in [1.54, 1.807) is 24.3 Å². The highest BCUT2D eigenvalue weighted by molar-refractivity contribution is 6.31. The second-order valence-corrected chi connectivity index (χ2v) is 6.08. The molecule has 0 saturated heterocycles. The molecule has 0 unspecified atom stereocenters. The van der Waals surface area contributed by atoms with Crippen LogP contribution in [0.5, 0.6) is 0 Å². The van der Waals surface area contributed by atoms with Crippen molar-refractivity contribution in [2.24, 2.45) is 0 Å². The van der Waals surface area contributed by atoms with Crippen LogP contribution in [0.25, 0.3) is 0 Å². The topological polar surface area (TPSA) is 70.2 Å². The second kappa shape index (κ2) is 6.87. The maximum Gasteiger partial charge on any atom is 0.417 e. The summed E-state index contributed by atoms with van der Waals surface area (Å²) in [5.41, 5.74) is 0.167. The van der Waals surface area contributed by atoms with Crippen molar-refractivity contribution in [2.75, 3.05) is 16.0 Å². The van der Waals surface area contributed by atoms with E-state index in [9.17, 15) is 22.8 Å². The minimum atomic E-state index is -4.63. The summed E-state index contributed by atoms with van der Waals surface area (Å²) in [5, 5.41) is 7.50. The van der Waals surface area contributed by atoms with Crippen LogP contribution in [0.3, 0.4) is 0 Å². The van der Waals surface area contributed by atoms with Crippen LogP contribution >= 0.6 is 11.6 Å². The fraction of sp³-hybridized carbons (Fsp3) is 0.176. The van der Waals surface area contributed by atoms with Gasteiger partial charge in [0.25, 0.3) is 0 Å². The molecule has 26 heavy (non-hydrogen) atoms. The maximum atomic E-state index is 12.9. The molecular formula is C17H13ClF3N3O2. The first-order chi connectivity index (χ1) is 12.2. The van der Waals surface area contributed by atoms with E-state index in [0.29, 0.717) is 11.4 Å². The Hall–Kier alpha value is -2.74. The van der Waals surface area contributed by atoms with Gasteiger partial charge in [-0.2, -0.15) is 13.2 Å². The van der Waals surface area contributed by atoms with Crippen molar-refractivity contribution in [1.82, 2.24) is 0 Å². The van der Waals surface area contributed by atoms with Gasteiger partial charge in [0, 0.05) is 5.69 Å². The van der Waals surface area contributed by atoms with Crippen molar-refractivity contribution in [3.8, 4) is 0 Å². The zero-order valence-electron chi connectivity index (χ0n) is 13.2.